The molecule has 20 heavy (non-hydrogen) atoms. The summed E-state index contributed by atoms with van der Waals surface area (Å²) >= 11 is 0. The number of carboxylic acid groups (broad SMARTS) is 1. The maximum atomic E-state index is 12.1. The van der Waals surface area contributed by atoms with Crippen LogP contribution in [0.2, 0.25) is 0 Å². The fourth-order valence-electron chi connectivity index (χ4n) is 2.11. The van der Waals surface area contributed by atoms with E-state index in [1.807, 2.05) is 36.4 Å². The summed E-state index contributed by atoms with van der Waals surface area (Å²) in [4.78, 5) is 23.4. The molecule has 0 heterocycles. The standard InChI is InChI=1S/C17H16O3/c18-16(14-9-5-2-6-10-14)12-15(17(19)20)11-13-7-3-1-4-8-13/h1-10,15H,11-12H2,(H,19,20). The van der Waals surface area contributed by atoms with Gasteiger partial charge in [0.25, 0.3) is 0 Å². The number of carbonyl (C=O) groups is 2. The highest BCUT2D eigenvalue weighted by atomic mass is 16.4. The zero-order valence-corrected chi connectivity index (χ0v) is 11.0. The lowest BCUT2D eigenvalue weighted by molar-refractivity contribution is -0.141. The third kappa shape index (κ3) is 3.79. The monoisotopic (exact) mass is 268 g/mol. The van der Waals surface area contributed by atoms with Crippen molar-refractivity contribution in [3.8, 4) is 0 Å². The molecule has 2 rings (SSSR count). The predicted molar refractivity (Wildman–Crippen MR) is 76.7 cm³/mol. The van der Waals surface area contributed by atoms with Crippen molar-refractivity contribution in [3.63, 3.8) is 0 Å². The van der Waals surface area contributed by atoms with E-state index in [1.165, 1.54) is 0 Å². The van der Waals surface area contributed by atoms with Gasteiger partial charge < -0.3 is 5.11 Å². The molecular weight excluding hydrogens is 252 g/mol. The topological polar surface area (TPSA) is 54.4 Å². The molecule has 0 saturated heterocycles. The first-order valence-electron chi connectivity index (χ1n) is 6.52. The van der Waals surface area contributed by atoms with Crippen LogP contribution >= 0.6 is 0 Å². The molecule has 0 aliphatic carbocycles. The molecule has 0 spiro atoms. The van der Waals surface area contributed by atoms with Gasteiger partial charge in [-0.2, -0.15) is 0 Å². The highest BCUT2D eigenvalue weighted by Crippen LogP contribution is 2.16. The van der Waals surface area contributed by atoms with Gasteiger partial charge in [-0.05, 0) is 12.0 Å². The van der Waals surface area contributed by atoms with Gasteiger partial charge in [0.1, 0.15) is 0 Å². The van der Waals surface area contributed by atoms with E-state index in [-0.39, 0.29) is 12.2 Å². The predicted octanol–water partition coefficient (Wildman–Crippen LogP) is 3.20. The third-order valence-electron chi connectivity index (χ3n) is 3.20. The van der Waals surface area contributed by atoms with Gasteiger partial charge in [0.2, 0.25) is 0 Å². The van der Waals surface area contributed by atoms with Crippen molar-refractivity contribution >= 4 is 11.8 Å². The summed E-state index contributed by atoms with van der Waals surface area (Å²) in [5, 5.41) is 9.28. The molecule has 3 heteroatoms. The molecule has 2 aromatic rings. The Bertz CT molecular complexity index is 576. The van der Waals surface area contributed by atoms with E-state index >= 15 is 0 Å². The van der Waals surface area contributed by atoms with Crippen molar-refractivity contribution < 1.29 is 14.7 Å². The van der Waals surface area contributed by atoms with Crippen molar-refractivity contribution in [1.29, 1.82) is 0 Å². The van der Waals surface area contributed by atoms with E-state index in [0.29, 0.717) is 12.0 Å². The van der Waals surface area contributed by atoms with Gasteiger partial charge in [-0.3, -0.25) is 9.59 Å². The second-order valence-corrected chi connectivity index (χ2v) is 4.72. The Morgan fingerprint density at radius 2 is 1.45 bits per heavy atom. The number of carbonyl (C=O) groups excluding carboxylic acids is 1. The van der Waals surface area contributed by atoms with E-state index in [2.05, 4.69) is 0 Å². The molecule has 0 fully saturated rings. The molecule has 3 nitrogen and oxygen atoms in total. The van der Waals surface area contributed by atoms with Gasteiger partial charge >= 0.3 is 5.97 Å². The van der Waals surface area contributed by atoms with Crippen molar-refractivity contribution in [1.82, 2.24) is 0 Å². The average Bonchev–Trinajstić information content (AvgIpc) is 2.48. The van der Waals surface area contributed by atoms with Crippen LogP contribution in [0.1, 0.15) is 22.3 Å². The molecule has 2 aromatic carbocycles. The second-order valence-electron chi connectivity index (χ2n) is 4.72. The summed E-state index contributed by atoms with van der Waals surface area (Å²) in [5.74, 6) is -1.75. The van der Waals surface area contributed by atoms with Gasteiger partial charge in [-0.15, -0.1) is 0 Å². The van der Waals surface area contributed by atoms with Crippen molar-refractivity contribution in [2.24, 2.45) is 5.92 Å². The van der Waals surface area contributed by atoms with Crippen LogP contribution < -0.4 is 0 Å². The van der Waals surface area contributed by atoms with Crippen LogP contribution in [-0.4, -0.2) is 16.9 Å². The van der Waals surface area contributed by atoms with E-state index < -0.39 is 11.9 Å². The van der Waals surface area contributed by atoms with E-state index in [0.717, 1.165) is 5.56 Å². The molecule has 0 radical (unpaired) electrons. The fourth-order valence-corrected chi connectivity index (χ4v) is 2.11. The lowest BCUT2D eigenvalue weighted by atomic mass is 9.92. The van der Waals surface area contributed by atoms with Crippen LogP contribution in [0.25, 0.3) is 0 Å². The van der Waals surface area contributed by atoms with Crippen LogP contribution in [0, 0.1) is 5.92 Å². The molecule has 0 aliphatic heterocycles. The molecule has 1 unspecified atom stereocenters. The minimum absolute atomic E-state index is 0.0221. The Labute approximate surface area is 117 Å². The molecule has 0 saturated carbocycles. The second kappa shape index (κ2) is 6.66. The Morgan fingerprint density at radius 1 is 0.900 bits per heavy atom. The molecule has 0 amide bonds. The summed E-state index contributed by atoms with van der Waals surface area (Å²) in [6.07, 6.45) is 0.392. The number of carboxylic acids is 1. The van der Waals surface area contributed by atoms with E-state index in [1.54, 1.807) is 24.3 Å². The van der Waals surface area contributed by atoms with Crippen LogP contribution in [0.15, 0.2) is 60.7 Å². The Hall–Kier alpha value is -2.42. The van der Waals surface area contributed by atoms with Crippen LogP contribution in [-0.2, 0) is 11.2 Å². The molecule has 1 atom stereocenters. The number of Topliss-reactive ketones (excluding diaryl/α,β-unsaturated/α-hetero) is 1. The Balaban J connectivity index is 2.07. The van der Waals surface area contributed by atoms with Gasteiger partial charge in [-0.25, -0.2) is 0 Å². The van der Waals surface area contributed by atoms with Gasteiger partial charge in [0.05, 0.1) is 5.92 Å². The van der Waals surface area contributed by atoms with Crippen LogP contribution in [0.3, 0.4) is 0 Å². The molecule has 0 aromatic heterocycles. The minimum Gasteiger partial charge on any atom is -0.481 e. The van der Waals surface area contributed by atoms with Crippen molar-refractivity contribution in [2.75, 3.05) is 0 Å². The molecule has 0 bridgehead atoms. The van der Waals surface area contributed by atoms with E-state index in [4.69, 9.17) is 0 Å². The zero-order valence-electron chi connectivity index (χ0n) is 11.0. The lowest BCUT2D eigenvalue weighted by Crippen LogP contribution is -2.20. The van der Waals surface area contributed by atoms with Gasteiger partial charge in [0.15, 0.2) is 5.78 Å². The first-order valence-corrected chi connectivity index (χ1v) is 6.52. The Kier molecular flexibility index (Phi) is 4.66. The first kappa shape index (κ1) is 14.0. The van der Waals surface area contributed by atoms with Gasteiger partial charge in [-0.1, -0.05) is 60.7 Å². The number of ketones is 1. The first-order chi connectivity index (χ1) is 9.66. The van der Waals surface area contributed by atoms with Crippen LogP contribution in [0.4, 0.5) is 0 Å². The summed E-state index contributed by atoms with van der Waals surface area (Å²) in [6.45, 7) is 0. The highest BCUT2D eigenvalue weighted by Gasteiger charge is 2.22. The quantitative estimate of drug-likeness (QED) is 0.818. The smallest absolute Gasteiger partial charge is 0.307 e. The Morgan fingerprint density at radius 3 is 2.00 bits per heavy atom. The van der Waals surface area contributed by atoms with E-state index in [9.17, 15) is 14.7 Å². The number of benzene rings is 2. The normalized spacial score (nSPS) is 11.8. The van der Waals surface area contributed by atoms with Gasteiger partial charge in [0, 0.05) is 12.0 Å². The maximum Gasteiger partial charge on any atom is 0.307 e. The van der Waals surface area contributed by atoms with Crippen molar-refractivity contribution in [2.45, 2.75) is 12.8 Å². The fraction of sp³-hybridized carbons (Fsp3) is 0.176. The average molecular weight is 268 g/mol. The minimum atomic E-state index is -0.932. The van der Waals surface area contributed by atoms with Crippen molar-refractivity contribution in [3.05, 3.63) is 71.8 Å². The van der Waals surface area contributed by atoms with Crippen LogP contribution in [0.5, 0.6) is 0 Å². The molecule has 0 aliphatic rings. The largest absolute Gasteiger partial charge is 0.481 e. The molecular formula is C17H16O3. The summed E-state index contributed by atoms with van der Waals surface area (Å²) in [5.41, 5.74) is 1.49. The highest BCUT2D eigenvalue weighted by molar-refractivity contribution is 5.97. The zero-order chi connectivity index (χ0) is 14.4. The number of hydrogen-bond acceptors (Lipinski definition) is 2. The number of aliphatic carboxylic acids is 1. The lowest BCUT2D eigenvalue weighted by Gasteiger charge is -2.11. The summed E-state index contributed by atoms with van der Waals surface area (Å²) in [6, 6.07) is 18.2. The maximum absolute atomic E-state index is 12.1. The third-order valence-corrected chi connectivity index (χ3v) is 3.20. The molecule has 1 N–H and O–H groups in total. The number of hydrogen-bond donors (Lipinski definition) is 1. The number of rotatable bonds is 6. The SMILES string of the molecule is O=C(CC(Cc1ccccc1)C(=O)O)c1ccccc1. The molecule has 102 valence electrons. The summed E-state index contributed by atoms with van der Waals surface area (Å²) in [7, 11) is 0. The summed E-state index contributed by atoms with van der Waals surface area (Å²) < 4.78 is 0.